The molecule has 1 aliphatic carbocycles. The maximum Gasteiger partial charge on any atom is 0.341 e. The summed E-state index contributed by atoms with van der Waals surface area (Å²) in [5, 5.41) is 0. The average Bonchev–Trinajstić information content (AvgIpc) is 2.84. The van der Waals surface area contributed by atoms with Gasteiger partial charge in [-0.05, 0) is 13.0 Å². The fraction of sp³-hybridized carbons (Fsp3) is 0.643. The quantitative estimate of drug-likeness (QED) is 0.784. The molecule has 1 saturated carbocycles. The van der Waals surface area contributed by atoms with Gasteiger partial charge in [-0.15, -0.1) is 0 Å². The Labute approximate surface area is 112 Å². The van der Waals surface area contributed by atoms with Crippen LogP contribution in [0.3, 0.4) is 0 Å². The number of hydrogen-bond donors (Lipinski definition) is 0. The first-order chi connectivity index (χ1) is 9.13. The Morgan fingerprint density at radius 3 is 2.21 bits per heavy atom. The fourth-order valence-corrected chi connectivity index (χ4v) is 2.46. The van der Waals surface area contributed by atoms with Crippen LogP contribution in [0.4, 0.5) is 0 Å². The van der Waals surface area contributed by atoms with Gasteiger partial charge in [0.1, 0.15) is 17.4 Å². The lowest BCUT2D eigenvalue weighted by molar-refractivity contribution is -0.0656. The Bertz CT molecular complexity index is 413. The van der Waals surface area contributed by atoms with Crippen LogP contribution in [0.1, 0.15) is 35.4 Å². The molecule has 5 nitrogen and oxygen atoms in total. The van der Waals surface area contributed by atoms with Crippen LogP contribution in [0, 0.1) is 6.92 Å². The fourth-order valence-electron chi connectivity index (χ4n) is 2.46. The predicted octanol–water partition coefficient (Wildman–Crippen LogP) is 2.33. The Morgan fingerprint density at radius 2 is 1.74 bits per heavy atom. The van der Waals surface area contributed by atoms with Gasteiger partial charge in [0.15, 0.2) is 0 Å². The van der Waals surface area contributed by atoms with Gasteiger partial charge in [-0.25, -0.2) is 4.79 Å². The number of esters is 1. The molecule has 106 valence electrons. The molecule has 2 atom stereocenters. The minimum atomic E-state index is -0.345. The van der Waals surface area contributed by atoms with E-state index in [4.69, 9.17) is 18.6 Å². The van der Waals surface area contributed by atoms with Crippen LogP contribution in [0.2, 0.25) is 0 Å². The molecule has 0 spiro atoms. The highest BCUT2D eigenvalue weighted by molar-refractivity contribution is 5.90. The Morgan fingerprint density at radius 1 is 1.16 bits per heavy atom. The number of carbonyl (C=O) groups excluding carboxylic acids is 1. The van der Waals surface area contributed by atoms with Crippen molar-refractivity contribution in [3.8, 4) is 0 Å². The first kappa shape index (κ1) is 14.1. The predicted molar refractivity (Wildman–Crippen MR) is 68.1 cm³/mol. The van der Waals surface area contributed by atoms with Crippen LogP contribution >= 0.6 is 0 Å². The van der Waals surface area contributed by atoms with Crippen molar-refractivity contribution >= 4 is 5.97 Å². The van der Waals surface area contributed by atoms with Gasteiger partial charge in [0, 0.05) is 33.5 Å². The molecule has 0 amide bonds. The van der Waals surface area contributed by atoms with Crippen molar-refractivity contribution < 1.29 is 23.4 Å². The molecule has 2 rings (SSSR count). The van der Waals surface area contributed by atoms with Gasteiger partial charge in [-0.3, -0.25) is 0 Å². The Kier molecular flexibility index (Phi) is 4.61. The molecule has 1 aromatic heterocycles. The normalized spacial score (nSPS) is 27.2. The molecular formula is C14H20O5. The van der Waals surface area contributed by atoms with Crippen molar-refractivity contribution in [2.45, 2.75) is 44.5 Å². The van der Waals surface area contributed by atoms with E-state index in [-0.39, 0.29) is 24.3 Å². The van der Waals surface area contributed by atoms with Crippen molar-refractivity contribution in [1.29, 1.82) is 0 Å². The van der Waals surface area contributed by atoms with E-state index in [1.807, 2.05) is 0 Å². The molecule has 5 heteroatoms. The third-order valence-corrected chi connectivity index (χ3v) is 3.60. The van der Waals surface area contributed by atoms with Crippen molar-refractivity contribution in [3.63, 3.8) is 0 Å². The average molecular weight is 268 g/mol. The molecular weight excluding hydrogens is 248 g/mol. The highest BCUT2D eigenvalue weighted by Gasteiger charge is 2.31. The number of methoxy groups -OCH3 is 2. The summed E-state index contributed by atoms with van der Waals surface area (Å²) < 4.78 is 21.4. The first-order valence-corrected chi connectivity index (χ1v) is 6.44. The van der Waals surface area contributed by atoms with Crippen LogP contribution in [-0.4, -0.2) is 38.5 Å². The minimum absolute atomic E-state index is 0.0712. The zero-order valence-electron chi connectivity index (χ0n) is 11.5. The maximum atomic E-state index is 12.0. The summed E-state index contributed by atoms with van der Waals surface area (Å²) in [5.41, 5.74) is 0.480. The van der Waals surface area contributed by atoms with Gasteiger partial charge in [-0.2, -0.15) is 0 Å². The van der Waals surface area contributed by atoms with E-state index in [1.54, 1.807) is 27.2 Å². The molecule has 19 heavy (non-hydrogen) atoms. The van der Waals surface area contributed by atoms with Gasteiger partial charge < -0.3 is 18.6 Å². The lowest BCUT2D eigenvalue weighted by Crippen LogP contribution is -2.37. The SMILES string of the molecule is CO[C@@H]1CC(OC(=O)c2ccoc2C)C[C@@H](OC)C1. The lowest BCUT2D eigenvalue weighted by atomic mass is 9.92. The summed E-state index contributed by atoms with van der Waals surface area (Å²) in [4.78, 5) is 12.0. The molecule has 1 fully saturated rings. The van der Waals surface area contributed by atoms with E-state index in [2.05, 4.69) is 0 Å². The highest BCUT2D eigenvalue weighted by atomic mass is 16.6. The number of furan rings is 1. The molecule has 0 radical (unpaired) electrons. The van der Waals surface area contributed by atoms with Crippen LogP contribution in [0.15, 0.2) is 16.7 Å². The Hall–Kier alpha value is -1.33. The number of rotatable bonds is 4. The van der Waals surface area contributed by atoms with E-state index >= 15 is 0 Å². The monoisotopic (exact) mass is 268 g/mol. The van der Waals surface area contributed by atoms with Gasteiger partial charge in [0.05, 0.1) is 18.5 Å². The second-order valence-corrected chi connectivity index (χ2v) is 4.84. The van der Waals surface area contributed by atoms with E-state index in [1.165, 1.54) is 6.26 Å². The van der Waals surface area contributed by atoms with Crippen molar-refractivity contribution in [2.24, 2.45) is 0 Å². The van der Waals surface area contributed by atoms with E-state index in [0.717, 1.165) is 6.42 Å². The molecule has 1 aliphatic rings. The molecule has 1 aromatic rings. The lowest BCUT2D eigenvalue weighted by Gasteiger charge is -2.32. The molecule has 0 unspecified atom stereocenters. The highest BCUT2D eigenvalue weighted by Crippen LogP contribution is 2.26. The summed E-state index contributed by atoms with van der Waals surface area (Å²) in [7, 11) is 3.34. The summed E-state index contributed by atoms with van der Waals surface area (Å²) >= 11 is 0. The van der Waals surface area contributed by atoms with Crippen LogP contribution in [-0.2, 0) is 14.2 Å². The van der Waals surface area contributed by atoms with Gasteiger partial charge >= 0.3 is 5.97 Å². The van der Waals surface area contributed by atoms with Gasteiger partial charge in [0.2, 0.25) is 0 Å². The molecule has 0 aromatic carbocycles. The van der Waals surface area contributed by atoms with Gasteiger partial charge in [-0.1, -0.05) is 0 Å². The summed E-state index contributed by atoms with van der Waals surface area (Å²) in [6, 6.07) is 1.63. The third-order valence-electron chi connectivity index (χ3n) is 3.60. The van der Waals surface area contributed by atoms with Crippen LogP contribution in [0.5, 0.6) is 0 Å². The smallest absolute Gasteiger partial charge is 0.341 e. The standard InChI is InChI=1S/C14H20O5/c1-9-13(4-5-18-9)14(15)19-12-7-10(16-2)6-11(8-12)17-3/h4-5,10-12H,6-8H2,1-3H3/t10-,11-/m0/s1. The number of carbonyl (C=O) groups is 1. The zero-order valence-corrected chi connectivity index (χ0v) is 11.5. The van der Waals surface area contributed by atoms with E-state index < -0.39 is 0 Å². The maximum absolute atomic E-state index is 12.0. The summed E-state index contributed by atoms with van der Waals surface area (Å²) in [6.07, 6.45) is 3.71. The summed E-state index contributed by atoms with van der Waals surface area (Å²) in [5.74, 6) is 0.232. The number of aryl methyl sites for hydroxylation is 1. The second kappa shape index (κ2) is 6.21. The zero-order chi connectivity index (χ0) is 13.8. The number of ether oxygens (including phenoxy) is 3. The third kappa shape index (κ3) is 3.36. The topological polar surface area (TPSA) is 57.9 Å². The number of hydrogen-bond acceptors (Lipinski definition) is 5. The van der Waals surface area contributed by atoms with E-state index in [0.29, 0.717) is 24.2 Å². The second-order valence-electron chi connectivity index (χ2n) is 4.84. The summed E-state index contributed by atoms with van der Waals surface area (Å²) in [6.45, 7) is 1.74. The van der Waals surface area contributed by atoms with Crippen molar-refractivity contribution in [3.05, 3.63) is 23.7 Å². The van der Waals surface area contributed by atoms with Crippen LogP contribution < -0.4 is 0 Å². The molecule has 0 bridgehead atoms. The largest absolute Gasteiger partial charge is 0.469 e. The van der Waals surface area contributed by atoms with Gasteiger partial charge in [0.25, 0.3) is 0 Å². The van der Waals surface area contributed by atoms with E-state index in [9.17, 15) is 4.79 Å². The van der Waals surface area contributed by atoms with Crippen LogP contribution in [0.25, 0.3) is 0 Å². The molecule has 0 saturated heterocycles. The molecule has 1 heterocycles. The molecule has 0 N–H and O–H groups in total. The van der Waals surface area contributed by atoms with Crippen molar-refractivity contribution in [1.82, 2.24) is 0 Å². The first-order valence-electron chi connectivity index (χ1n) is 6.44. The Balaban J connectivity index is 1.98. The van der Waals surface area contributed by atoms with Crippen molar-refractivity contribution in [2.75, 3.05) is 14.2 Å². The molecule has 0 aliphatic heterocycles. The minimum Gasteiger partial charge on any atom is -0.469 e.